The molecule has 3 heterocycles. The van der Waals surface area contributed by atoms with Crippen LogP contribution in [0.4, 0.5) is 15.9 Å². The third kappa shape index (κ3) is 1.87. The number of nitrogens with zero attached hydrogens (tertiary/aromatic N) is 4. The molecule has 0 aromatic carbocycles. The van der Waals surface area contributed by atoms with Crippen LogP contribution >= 0.6 is 15.9 Å². The largest absolute Gasteiger partial charge is 0.381 e. The van der Waals surface area contributed by atoms with Gasteiger partial charge in [0.15, 0.2) is 11.6 Å². The second-order valence-corrected chi connectivity index (χ2v) is 5.27. The summed E-state index contributed by atoms with van der Waals surface area (Å²) < 4.78 is 15.7. The Morgan fingerprint density at radius 1 is 1.50 bits per heavy atom. The Labute approximate surface area is 122 Å². The number of aromatic nitrogens is 3. The fourth-order valence-electron chi connectivity index (χ4n) is 2.20. The maximum absolute atomic E-state index is 13.4. The number of halogens is 2. The van der Waals surface area contributed by atoms with Crippen molar-refractivity contribution in [1.29, 1.82) is 0 Å². The van der Waals surface area contributed by atoms with Crippen molar-refractivity contribution in [2.24, 2.45) is 7.05 Å². The lowest BCUT2D eigenvalue weighted by Gasteiger charge is -2.27. The van der Waals surface area contributed by atoms with E-state index in [-0.39, 0.29) is 17.4 Å². The highest BCUT2D eigenvalue weighted by Gasteiger charge is 2.30. The topological polar surface area (TPSA) is 77.0 Å². The Morgan fingerprint density at radius 3 is 2.90 bits per heavy atom. The van der Waals surface area contributed by atoms with E-state index in [4.69, 9.17) is 5.73 Å². The maximum atomic E-state index is 13.4. The number of carbonyl (C=O) groups is 1. The third-order valence-electron chi connectivity index (χ3n) is 3.27. The number of nitrogens with two attached hydrogens (primary N) is 1. The molecule has 104 valence electrons. The molecule has 0 saturated carbocycles. The zero-order chi connectivity index (χ0) is 14.4. The molecule has 1 amide bonds. The van der Waals surface area contributed by atoms with E-state index < -0.39 is 5.82 Å². The van der Waals surface area contributed by atoms with Gasteiger partial charge in [-0.15, -0.1) is 0 Å². The molecular weight excluding hydrogens is 329 g/mol. The number of rotatable bonds is 1. The summed E-state index contributed by atoms with van der Waals surface area (Å²) in [5.74, 6) is -1.15. The van der Waals surface area contributed by atoms with E-state index in [9.17, 15) is 9.18 Å². The molecule has 0 atom stereocenters. The van der Waals surface area contributed by atoms with Crippen molar-refractivity contribution in [2.45, 2.75) is 6.42 Å². The normalized spacial score (nSPS) is 14.6. The SMILES string of the molecule is Cn1ncc(N2CCc3cc(F)c(N)nc3C2=O)c1Br. The Balaban J connectivity index is 2.05. The van der Waals surface area contributed by atoms with Crippen LogP contribution in [-0.2, 0) is 13.5 Å². The Hall–Kier alpha value is -1.96. The monoisotopic (exact) mass is 339 g/mol. The number of carbonyl (C=O) groups excluding carboxylic acids is 1. The standard InChI is InChI=1S/C12H11BrFN5O/c1-18-10(13)8(5-16-18)19-3-2-6-4-7(14)11(15)17-9(6)12(19)20/h4-5H,2-3H2,1H3,(H2,15,17). The van der Waals surface area contributed by atoms with Crippen molar-refractivity contribution in [2.75, 3.05) is 17.2 Å². The summed E-state index contributed by atoms with van der Waals surface area (Å²) in [6, 6.07) is 1.28. The molecule has 2 aromatic rings. The molecule has 8 heteroatoms. The fourth-order valence-corrected chi connectivity index (χ4v) is 2.61. The molecule has 0 radical (unpaired) electrons. The summed E-state index contributed by atoms with van der Waals surface area (Å²) in [6.07, 6.45) is 2.12. The van der Waals surface area contributed by atoms with Gasteiger partial charge in [-0.1, -0.05) is 0 Å². The van der Waals surface area contributed by atoms with E-state index in [2.05, 4.69) is 26.0 Å². The highest BCUT2D eigenvalue weighted by Crippen LogP contribution is 2.30. The van der Waals surface area contributed by atoms with E-state index in [1.54, 1.807) is 22.8 Å². The molecule has 2 N–H and O–H groups in total. The number of hydrogen-bond donors (Lipinski definition) is 1. The molecule has 2 aromatic heterocycles. The molecule has 0 bridgehead atoms. The Bertz CT molecular complexity index is 714. The Morgan fingerprint density at radius 2 is 2.25 bits per heavy atom. The van der Waals surface area contributed by atoms with Gasteiger partial charge in [0.1, 0.15) is 10.3 Å². The minimum atomic E-state index is -0.590. The summed E-state index contributed by atoms with van der Waals surface area (Å²) in [5.41, 5.74) is 6.88. The number of pyridine rings is 1. The Kier molecular flexibility index (Phi) is 2.97. The average molecular weight is 340 g/mol. The second-order valence-electron chi connectivity index (χ2n) is 4.51. The molecule has 6 nitrogen and oxygen atoms in total. The molecule has 0 spiro atoms. The summed E-state index contributed by atoms with van der Waals surface area (Å²) in [4.78, 5) is 17.9. The van der Waals surface area contributed by atoms with Gasteiger partial charge < -0.3 is 10.6 Å². The minimum absolute atomic E-state index is 0.200. The number of fused-ring (bicyclic) bond motifs is 1. The molecule has 1 aliphatic heterocycles. The van der Waals surface area contributed by atoms with E-state index >= 15 is 0 Å². The zero-order valence-electron chi connectivity index (χ0n) is 10.6. The lowest BCUT2D eigenvalue weighted by molar-refractivity contribution is 0.0975. The van der Waals surface area contributed by atoms with Crippen LogP contribution in [0.1, 0.15) is 16.1 Å². The molecule has 20 heavy (non-hydrogen) atoms. The molecule has 1 aliphatic rings. The lowest BCUT2D eigenvalue weighted by atomic mass is 10.0. The predicted octanol–water partition coefficient (Wildman–Crippen LogP) is 1.50. The first-order valence-electron chi connectivity index (χ1n) is 5.93. The number of aryl methyl sites for hydroxylation is 1. The zero-order valence-corrected chi connectivity index (χ0v) is 12.2. The van der Waals surface area contributed by atoms with Gasteiger partial charge in [0.05, 0.1) is 11.9 Å². The van der Waals surface area contributed by atoms with Gasteiger partial charge in [0.25, 0.3) is 5.91 Å². The maximum Gasteiger partial charge on any atom is 0.277 e. The van der Waals surface area contributed by atoms with E-state index in [0.29, 0.717) is 28.8 Å². The van der Waals surface area contributed by atoms with Gasteiger partial charge in [-0.2, -0.15) is 5.10 Å². The summed E-state index contributed by atoms with van der Waals surface area (Å²) in [6.45, 7) is 0.446. The van der Waals surface area contributed by atoms with Crippen LogP contribution in [0.3, 0.4) is 0 Å². The van der Waals surface area contributed by atoms with Gasteiger partial charge in [0, 0.05) is 13.6 Å². The van der Waals surface area contributed by atoms with Crippen molar-refractivity contribution in [3.05, 3.63) is 33.9 Å². The smallest absolute Gasteiger partial charge is 0.277 e. The molecule has 3 rings (SSSR count). The first kappa shape index (κ1) is 13.0. The third-order valence-corrected chi connectivity index (χ3v) is 4.19. The minimum Gasteiger partial charge on any atom is -0.381 e. The van der Waals surface area contributed by atoms with Crippen LogP contribution in [0.2, 0.25) is 0 Å². The first-order chi connectivity index (χ1) is 9.49. The lowest BCUT2D eigenvalue weighted by Crippen LogP contribution is -2.38. The van der Waals surface area contributed by atoms with E-state index in [1.807, 2.05) is 0 Å². The number of hydrogen-bond acceptors (Lipinski definition) is 4. The van der Waals surface area contributed by atoms with Crippen molar-refractivity contribution < 1.29 is 9.18 Å². The van der Waals surface area contributed by atoms with Crippen LogP contribution in [0.25, 0.3) is 0 Å². The first-order valence-corrected chi connectivity index (χ1v) is 6.72. The second kappa shape index (κ2) is 4.55. The van der Waals surface area contributed by atoms with Crippen LogP contribution in [0, 0.1) is 5.82 Å². The van der Waals surface area contributed by atoms with Crippen molar-refractivity contribution in [3.8, 4) is 0 Å². The number of anilines is 2. The number of amides is 1. The van der Waals surface area contributed by atoms with Crippen LogP contribution in [0.15, 0.2) is 16.9 Å². The van der Waals surface area contributed by atoms with Gasteiger partial charge >= 0.3 is 0 Å². The average Bonchev–Trinajstić information content (AvgIpc) is 2.74. The molecule has 0 saturated heterocycles. The molecule has 0 aliphatic carbocycles. The molecule has 0 fully saturated rings. The van der Waals surface area contributed by atoms with Gasteiger partial charge in [0.2, 0.25) is 0 Å². The fraction of sp³-hybridized carbons (Fsp3) is 0.250. The van der Waals surface area contributed by atoms with E-state index in [1.165, 1.54) is 6.07 Å². The molecule has 0 unspecified atom stereocenters. The molecular formula is C12H11BrFN5O. The van der Waals surface area contributed by atoms with Gasteiger partial charge in [-0.3, -0.25) is 9.48 Å². The number of nitrogen functional groups attached to an aromatic ring is 1. The predicted molar refractivity (Wildman–Crippen MR) is 74.9 cm³/mol. The quantitative estimate of drug-likeness (QED) is 0.854. The highest BCUT2D eigenvalue weighted by atomic mass is 79.9. The van der Waals surface area contributed by atoms with Crippen LogP contribution in [0.5, 0.6) is 0 Å². The van der Waals surface area contributed by atoms with Gasteiger partial charge in [-0.25, -0.2) is 9.37 Å². The van der Waals surface area contributed by atoms with Gasteiger partial charge in [-0.05, 0) is 34.0 Å². The van der Waals surface area contributed by atoms with Crippen molar-refractivity contribution in [3.63, 3.8) is 0 Å². The summed E-state index contributed by atoms with van der Waals surface area (Å²) >= 11 is 3.38. The highest BCUT2D eigenvalue weighted by molar-refractivity contribution is 9.10. The van der Waals surface area contributed by atoms with Crippen molar-refractivity contribution >= 4 is 33.3 Å². The summed E-state index contributed by atoms with van der Waals surface area (Å²) in [7, 11) is 1.77. The van der Waals surface area contributed by atoms with Crippen LogP contribution < -0.4 is 10.6 Å². The van der Waals surface area contributed by atoms with Crippen LogP contribution in [-0.4, -0.2) is 27.2 Å². The van der Waals surface area contributed by atoms with Crippen molar-refractivity contribution in [1.82, 2.24) is 14.8 Å². The summed E-state index contributed by atoms with van der Waals surface area (Å²) in [5, 5.41) is 4.08. The van der Waals surface area contributed by atoms with E-state index in [0.717, 1.165) is 0 Å².